The smallest absolute Gasteiger partial charge is 0.277 e. The average molecular weight is 324 g/mol. The van der Waals surface area contributed by atoms with Gasteiger partial charge in [-0.3, -0.25) is 14.5 Å². The molecule has 1 N–H and O–H groups in total. The first-order valence-electron chi connectivity index (χ1n) is 7.63. The van der Waals surface area contributed by atoms with Gasteiger partial charge in [0.1, 0.15) is 24.1 Å². The van der Waals surface area contributed by atoms with E-state index in [2.05, 4.69) is 11.4 Å². The van der Waals surface area contributed by atoms with Crippen molar-refractivity contribution in [3.63, 3.8) is 0 Å². The van der Waals surface area contributed by atoms with Crippen molar-refractivity contribution in [2.75, 3.05) is 16.8 Å². The van der Waals surface area contributed by atoms with Gasteiger partial charge in [0.15, 0.2) is 0 Å². The molecule has 7 heteroatoms. The van der Waals surface area contributed by atoms with Gasteiger partial charge in [0.05, 0.1) is 11.3 Å². The van der Waals surface area contributed by atoms with Gasteiger partial charge in [-0.05, 0) is 37.1 Å². The fourth-order valence-electron chi connectivity index (χ4n) is 3.40. The van der Waals surface area contributed by atoms with E-state index < -0.39 is 5.82 Å². The van der Waals surface area contributed by atoms with Crippen LogP contribution in [0.4, 0.5) is 15.8 Å². The molecule has 1 aromatic carbocycles. The summed E-state index contributed by atoms with van der Waals surface area (Å²) in [7, 11) is 0. The van der Waals surface area contributed by atoms with Crippen LogP contribution in [0.15, 0.2) is 24.3 Å². The fourth-order valence-corrected chi connectivity index (χ4v) is 3.40. The number of amides is 2. The number of nitrogens with one attached hydrogen (secondary N) is 1. The van der Waals surface area contributed by atoms with Crippen molar-refractivity contribution < 1.29 is 14.0 Å². The lowest BCUT2D eigenvalue weighted by atomic mass is 10.1. The average Bonchev–Trinajstić information content (AvgIpc) is 3.09. The quantitative estimate of drug-likeness (QED) is 0.872. The first-order valence-corrected chi connectivity index (χ1v) is 7.63. The van der Waals surface area contributed by atoms with Crippen LogP contribution in [0.5, 0.6) is 0 Å². The molecule has 0 fully saturated rings. The molecule has 1 aromatic heterocycles. The van der Waals surface area contributed by atoms with Gasteiger partial charge < -0.3 is 9.88 Å². The summed E-state index contributed by atoms with van der Waals surface area (Å²) in [6.07, 6.45) is 1.56. The number of fused-ring (bicyclic) bond motifs is 3. The summed E-state index contributed by atoms with van der Waals surface area (Å²) in [4.78, 5) is 26.6. The van der Waals surface area contributed by atoms with Gasteiger partial charge >= 0.3 is 0 Å². The molecule has 0 saturated heterocycles. The molecular formula is C17H13FN4O2. The lowest BCUT2D eigenvalue weighted by Crippen LogP contribution is -2.36. The third-order valence-corrected chi connectivity index (χ3v) is 4.43. The molecule has 0 saturated carbocycles. The van der Waals surface area contributed by atoms with E-state index in [9.17, 15) is 19.2 Å². The Bertz CT molecular complexity index is 908. The van der Waals surface area contributed by atoms with Gasteiger partial charge in [0.25, 0.3) is 5.91 Å². The minimum atomic E-state index is -0.415. The molecule has 3 heterocycles. The molecule has 120 valence electrons. The Morgan fingerprint density at radius 2 is 1.96 bits per heavy atom. The highest BCUT2D eigenvalue weighted by molar-refractivity contribution is 6.17. The normalized spacial score (nSPS) is 16.2. The molecule has 2 aliphatic heterocycles. The number of hydrogen-bond donors (Lipinski definition) is 1. The molecule has 0 spiro atoms. The number of nitrogens with zero attached hydrogens (tertiary/aromatic N) is 3. The monoisotopic (exact) mass is 324 g/mol. The second-order valence-electron chi connectivity index (χ2n) is 5.83. The van der Waals surface area contributed by atoms with Crippen molar-refractivity contribution in [3.8, 4) is 6.07 Å². The summed E-state index contributed by atoms with van der Waals surface area (Å²) in [5.41, 5.74) is 2.22. The Hall–Kier alpha value is -3.14. The van der Waals surface area contributed by atoms with Crippen molar-refractivity contribution in [3.05, 3.63) is 47.0 Å². The molecule has 2 amide bonds. The maximum absolute atomic E-state index is 13.2. The van der Waals surface area contributed by atoms with Crippen LogP contribution in [0.1, 0.15) is 28.2 Å². The Morgan fingerprint density at radius 1 is 1.21 bits per heavy atom. The summed E-state index contributed by atoms with van der Waals surface area (Å²) in [5.74, 6) is -1.16. The second-order valence-corrected chi connectivity index (χ2v) is 5.83. The lowest BCUT2D eigenvalue weighted by molar-refractivity contribution is -0.114. The van der Waals surface area contributed by atoms with Crippen molar-refractivity contribution in [2.45, 2.75) is 19.4 Å². The number of aromatic nitrogens is 1. The zero-order chi connectivity index (χ0) is 16.8. The highest BCUT2D eigenvalue weighted by atomic mass is 19.1. The van der Waals surface area contributed by atoms with Crippen molar-refractivity contribution >= 4 is 23.2 Å². The largest absolute Gasteiger partial charge is 0.337 e. The van der Waals surface area contributed by atoms with Crippen LogP contribution in [0, 0.1) is 17.1 Å². The number of anilines is 2. The standard InChI is InChI=1S/C17H13FN4O2/c18-10-3-5-11(6-4-10)22-9-14(23)20-15-12(8-19)13-2-1-7-21(13)16(15)17(22)24/h3-6H,1-2,7,9H2,(H,20,23). The Labute approximate surface area is 137 Å². The van der Waals surface area contributed by atoms with Gasteiger partial charge in [0, 0.05) is 17.9 Å². The molecule has 4 rings (SSSR count). The van der Waals surface area contributed by atoms with Crippen LogP contribution in [0.2, 0.25) is 0 Å². The third-order valence-electron chi connectivity index (χ3n) is 4.43. The first kappa shape index (κ1) is 14.5. The Kier molecular flexibility index (Phi) is 3.13. The molecule has 0 atom stereocenters. The van der Waals surface area contributed by atoms with E-state index in [0.29, 0.717) is 35.6 Å². The van der Waals surface area contributed by atoms with Crippen LogP contribution in [0.3, 0.4) is 0 Å². The van der Waals surface area contributed by atoms with E-state index in [4.69, 9.17) is 0 Å². The first-order chi connectivity index (χ1) is 11.6. The highest BCUT2D eigenvalue weighted by Gasteiger charge is 2.36. The fraction of sp³-hybridized carbons (Fsp3) is 0.235. The van der Waals surface area contributed by atoms with Crippen LogP contribution in [-0.2, 0) is 17.8 Å². The topological polar surface area (TPSA) is 78.1 Å². The van der Waals surface area contributed by atoms with E-state index in [1.807, 2.05) is 4.57 Å². The van der Waals surface area contributed by atoms with Crippen molar-refractivity contribution in [1.29, 1.82) is 5.26 Å². The van der Waals surface area contributed by atoms with Crippen LogP contribution < -0.4 is 10.2 Å². The van der Waals surface area contributed by atoms with Crippen LogP contribution in [0.25, 0.3) is 0 Å². The van der Waals surface area contributed by atoms with Gasteiger partial charge in [-0.1, -0.05) is 0 Å². The number of hydrogen-bond acceptors (Lipinski definition) is 3. The molecule has 6 nitrogen and oxygen atoms in total. The molecule has 24 heavy (non-hydrogen) atoms. The molecular weight excluding hydrogens is 311 g/mol. The minimum Gasteiger partial charge on any atom is -0.337 e. The summed E-state index contributed by atoms with van der Waals surface area (Å²) < 4.78 is 15.0. The predicted octanol–water partition coefficient (Wildman–Crippen LogP) is 2.04. The van der Waals surface area contributed by atoms with Gasteiger partial charge in [-0.15, -0.1) is 0 Å². The summed E-state index contributed by atoms with van der Waals surface area (Å²) in [6.45, 7) is 0.456. The zero-order valence-corrected chi connectivity index (χ0v) is 12.7. The van der Waals surface area contributed by atoms with E-state index in [-0.39, 0.29) is 18.4 Å². The third kappa shape index (κ3) is 2.00. The van der Waals surface area contributed by atoms with Crippen LogP contribution >= 0.6 is 0 Å². The van der Waals surface area contributed by atoms with Crippen LogP contribution in [-0.4, -0.2) is 22.9 Å². The maximum Gasteiger partial charge on any atom is 0.277 e. The SMILES string of the molecule is N#Cc1c2c(n3c1CCC3)C(=O)N(c1ccc(F)cc1)CC(=O)N2. The van der Waals surface area contributed by atoms with E-state index in [0.717, 1.165) is 12.1 Å². The van der Waals surface area contributed by atoms with Gasteiger partial charge in [0.2, 0.25) is 5.91 Å². The molecule has 0 aliphatic carbocycles. The summed E-state index contributed by atoms with van der Waals surface area (Å²) >= 11 is 0. The number of carbonyl (C=O) groups excluding carboxylic acids is 2. The van der Waals surface area contributed by atoms with Gasteiger partial charge in [-0.25, -0.2) is 4.39 Å². The molecule has 0 bridgehead atoms. The Balaban J connectivity index is 1.88. The second kappa shape index (κ2) is 5.20. The minimum absolute atomic E-state index is 0.181. The van der Waals surface area contributed by atoms with Crippen molar-refractivity contribution in [1.82, 2.24) is 4.57 Å². The van der Waals surface area contributed by atoms with E-state index >= 15 is 0 Å². The predicted molar refractivity (Wildman–Crippen MR) is 84.2 cm³/mol. The number of halogens is 1. The number of nitriles is 1. The summed E-state index contributed by atoms with van der Waals surface area (Å²) in [6, 6.07) is 7.53. The number of benzene rings is 1. The maximum atomic E-state index is 13.2. The number of rotatable bonds is 1. The summed E-state index contributed by atoms with van der Waals surface area (Å²) in [5, 5.41) is 12.1. The molecule has 2 aliphatic rings. The highest BCUT2D eigenvalue weighted by Crippen LogP contribution is 2.35. The van der Waals surface area contributed by atoms with Crippen molar-refractivity contribution in [2.24, 2.45) is 0 Å². The molecule has 2 aromatic rings. The van der Waals surface area contributed by atoms with E-state index in [1.54, 1.807) is 0 Å². The van der Waals surface area contributed by atoms with E-state index in [1.165, 1.54) is 29.2 Å². The number of carbonyl (C=O) groups is 2. The lowest BCUT2D eigenvalue weighted by Gasteiger charge is -2.20. The molecule has 0 radical (unpaired) electrons. The zero-order valence-electron chi connectivity index (χ0n) is 12.7. The molecule has 0 unspecified atom stereocenters. The Morgan fingerprint density at radius 3 is 2.67 bits per heavy atom. The van der Waals surface area contributed by atoms with Gasteiger partial charge in [-0.2, -0.15) is 5.26 Å².